The van der Waals surface area contributed by atoms with Gasteiger partial charge in [-0.25, -0.2) is 0 Å². The Balaban J connectivity index is 2.10. The number of hydrogen-bond donors (Lipinski definition) is 0. The summed E-state index contributed by atoms with van der Waals surface area (Å²) in [6.45, 7) is 4.32. The highest BCUT2D eigenvalue weighted by molar-refractivity contribution is 6.10. The Labute approximate surface area is 123 Å². The van der Waals surface area contributed by atoms with Crippen molar-refractivity contribution in [3.05, 3.63) is 53.7 Å². The van der Waals surface area contributed by atoms with E-state index in [9.17, 15) is 4.79 Å². The molecular formula is C19H17NO. The summed E-state index contributed by atoms with van der Waals surface area (Å²) in [4.78, 5) is 17.1. The van der Waals surface area contributed by atoms with Crippen molar-refractivity contribution < 1.29 is 4.79 Å². The Hall–Kier alpha value is -2.22. The normalized spacial score (nSPS) is 17.1. The first-order chi connectivity index (χ1) is 10.1. The van der Waals surface area contributed by atoms with Crippen LogP contribution in [0, 0.1) is 5.41 Å². The van der Waals surface area contributed by atoms with E-state index in [1.165, 1.54) is 5.39 Å². The standard InChI is InChI=1S/C19H17NO/c1-19(2)9-16-14(17(21)10-19)7-8-15-13-6-4-3-5-12(13)11-20-18(15)16/h3-8,11H,9-10H2,1-2H3. The van der Waals surface area contributed by atoms with Crippen LogP contribution in [0.3, 0.4) is 0 Å². The zero-order valence-corrected chi connectivity index (χ0v) is 12.3. The summed E-state index contributed by atoms with van der Waals surface area (Å²) in [5.41, 5.74) is 3.00. The number of carbonyl (C=O) groups excluding carboxylic acids is 1. The molecule has 0 aliphatic heterocycles. The molecule has 0 N–H and O–H groups in total. The minimum atomic E-state index is 0.0195. The van der Waals surface area contributed by atoms with Gasteiger partial charge in [-0.3, -0.25) is 9.78 Å². The van der Waals surface area contributed by atoms with Gasteiger partial charge in [0, 0.05) is 29.0 Å². The Bertz CT molecular complexity index is 893. The first-order valence-corrected chi connectivity index (χ1v) is 7.38. The highest BCUT2D eigenvalue weighted by atomic mass is 16.1. The van der Waals surface area contributed by atoms with Crippen molar-refractivity contribution >= 4 is 27.5 Å². The van der Waals surface area contributed by atoms with Crippen LogP contribution >= 0.6 is 0 Å². The lowest BCUT2D eigenvalue weighted by molar-refractivity contribution is 0.0913. The fourth-order valence-electron chi connectivity index (χ4n) is 3.50. The van der Waals surface area contributed by atoms with E-state index in [0.29, 0.717) is 6.42 Å². The SMILES string of the molecule is CC1(C)CC(=O)c2ccc3c(ncc4ccccc43)c2C1. The fraction of sp³-hybridized carbons (Fsp3) is 0.263. The third-order valence-corrected chi connectivity index (χ3v) is 4.46. The predicted octanol–water partition coefficient (Wildman–Crippen LogP) is 4.54. The van der Waals surface area contributed by atoms with Gasteiger partial charge < -0.3 is 0 Å². The smallest absolute Gasteiger partial charge is 0.163 e. The van der Waals surface area contributed by atoms with Gasteiger partial charge in [-0.2, -0.15) is 0 Å². The van der Waals surface area contributed by atoms with Crippen LogP contribution in [0.5, 0.6) is 0 Å². The van der Waals surface area contributed by atoms with Gasteiger partial charge in [0.2, 0.25) is 0 Å². The number of Topliss-reactive ketones (excluding diaryl/α,β-unsaturated/α-hetero) is 1. The van der Waals surface area contributed by atoms with Crippen LogP contribution in [-0.2, 0) is 6.42 Å². The molecule has 104 valence electrons. The largest absolute Gasteiger partial charge is 0.294 e. The maximum atomic E-state index is 12.4. The summed E-state index contributed by atoms with van der Waals surface area (Å²) in [5.74, 6) is 0.248. The second-order valence-corrected chi connectivity index (χ2v) is 6.77. The topological polar surface area (TPSA) is 30.0 Å². The summed E-state index contributed by atoms with van der Waals surface area (Å²) < 4.78 is 0. The molecule has 21 heavy (non-hydrogen) atoms. The van der Waals surface area contributed by atoms with Crippen molar-refractivity contribution in [1.29, 1.82) is 0 Å². The predicted molar refractivity (Wildman–Crippen MR) is 85.7 cm³/mol. The second kappa shape index (κ2) is 4.14. The number of hydrogen-bond acceptors (Lipinski definition) is 2. The maximum Gasteiger partial charge on any atom is 0.163 e. The monoisotopic (exact) mass is 275 g/mol. The molecule has 0 unspecified atom stereocenters. The summed E-state index contributed by atoms with van der Waals surface area (Å²) in [5, 5.41) is 3.50. The molecule has 1 aromatic heterocycles. The van der Waals surface area contributed by atoms with Crippen LogP contribution in [0.1, 0.15) is 36.2 Å². The highest BCUT2D eigenvalue weighted by Gasteiger charge is 2.32. The first-order valence-electron chi connectivity index (χ1n) is 7.38. The minimum Gasteiger partial charge on any atom is -0.294 e. The number of pyridine rings is 1. The Kier molecular flexibility index (Phi) is 2.47. The molecule has 0 atom stereocenters. The van der Waals surface area contributed by atoms with Gasteiger partial charge in [-0.05, 0) is 22.8 Å². The van der Waals surface area contributed by atoms with Crippen LogP contribution in [-0.4, -0.2) is 10.8 Å². The van der Waals surface area contributed by atoms with Crippen molar-refractivity contribution in [1.82, 2.24) is 4.98 Å². The molecule has 0 spiro atoms. The lowest BCUT2D eigenvalue weighted by atomic mass is 9.73. The first kappa shape index (κ1) is 12.5. The number of carbonyl (C=O) groups is 1. The molecule has 0 bridgehead atoms. The van der Waals surface area contributed by atoms with Crippen molar-refractivity contribution in [2.75, 3.05) is 0 Å². The highest BCUT2D eigenvalue weighted by Crippen LogP contribution is 2.38. The number of rotatable bonds is 0. The lowest BCUT2D eigenvalue weighted by Crippen LogP contribution is -2.27. The van der Waals surface area contributed by atoms with Crippen molar-refractivity contribution in [3.8, 4) is 0 Å². The Morgan fingerprint density at radius 1 is 1.00 bits per heavy atom. The molecule has 0 amide bonds. The number of ketones is 1. The van der Waals surface area contributed by atoms with E-state index in [1.807, 2.05) is 18.3 Å². The molecule has 1 aliphatic rings. The van der Waals surface area contributed by atoms with Crippen molar-refractivity contribution in [2.24, 2.45) is 5.41 Å². The number of nitrogens with zero attached hydrogens (tertiary/aromatic N) is 1. The van der Waals surface area contributed by atoms with E-state index < -0.39 is 0 Å². The van der Waals surface area contributed by atoms with Crippen LogP contribution in [0.15, 0.2) is 42.6 Å². The van der Waals surface area contributed by atoms with E-state index in [2.05, 4.69) is 43.1 Å². The van der Waals surface area contributed by atoms with Gasteiger partial charge in [0.1, 0.15) is 0 Å². The van der Waals surface area contributed by atoms with E-state index in [-0.39, 0.29) is 11.2 Å². The summed E-state index contributed by atoms with van der Waals surface area (Å²) >= 11 is 0. The van der Waals surface area contributed by atoms with Gasteiger partial charge in [-0.1, -0.05) is 50.2 Å². The molecular weight excluding hydrogens is 258 g/mol. The van der Waals surface area contributed by atoms with E-state index >= 15 is 0 Å². The second-order valence-electron chi connectivity index (χ2n) is 6.77. The molecule has 0 fully saturated rings. The Morgan fingerprint density at radius 2 is 1.81 bits per heavy atom. The molecule has 0 radical (unpaired) electrons. The molecule has 4 rings (SSSR count). The van der Waals surface area contributed by atoms with Gasteiger partial charge in [-0.15, -0.1) is 0 Å². The van der Waals surface area contributed by atoms with Crippen LogP contribution < -0.4 is 0 Å². The molecule has 1 aliphatic carbocycles. The van der Waals surface area contributed by atoms with Crippen LogP contribution in [0.2, 0.25) is 0 Å². The number of benzene rings is 2. The number of fused-ring (bicyclic) bond motifs is 5. The molecule has 0 saturated carbocycles. The fourth-order valence-corrected chi connectivity index (χ4v) is 3.50. The minimum absolute atomic E-state index is 0.0195. The molecule has 3 aromatic rings. The summed E-state index contributed by atoms with van der Waals surface area (Å²) in [6.07, 6.45) is 3.46. The van der Waals surface area contributed by atoms with Gasteiger partial charge >= 0.3 is 0 Å². The zero-order chi connectivity index (χ0) is 14.6. The Morgan fingerprint density at radius 3 is 2.67 bits per heavy atom. The van der Waals surface area contributed by atoms with Gasteiger partial charge in [0.25, 0.3) is 0 Å². The average molecular weight is 275 g/mol. The van der Waals surface area contributed by atoms with E-state index in [1.54, 1.807) is 0 Å². The molecule has 2 aromatic carbocycles. The van der Waals surface area contributed by atoms with E-state index in [4.69, 9.17) is 0 Å². The van der Waals surface area contributed by atoms with Gasteiger partial charge in [0.05, 0.1) is 5.52 Å². The molecule has 1 heterocycles. The third kappa shape index (κ3) is 1.86. The quantitative estimate of drug-likeness (QED) is 0.564. The zero-order valence-electron chi connectivity index (χ0n) is 12.3. The lowest BCUT2D eigenvalue weighted by Gasteiger charge is -2.30. The molecule has 2 heteroatoms. The maximum absolute atomic E-state index is 12.4. The average Bonchev–Trinajstić information content (AvgIpc) is 2.45. The van der Waals surface area contributed by atoms with Crippen molar-refractivity contribution in [2.45, 2.75) is 26.7 Å². The van der Waals surface area contributed by atoms with E-state index in [0.717, 1.165) is 33.8 Å². The van der Waals surface area contributed by atoms with Crippen LogP contribution in [0.25, 0.3) is 21.7 Å². The third-order valence-electron chi connectivity index (χ3n) is 4.46. The molecule has 0 saturated heterocycles. The van der Waals surface area contributed by atoms with Crippen LogP contribution in [0.4, 0.5) is 0 Å². The number of aromatic nitrogens is 1. The summed E-state index contributed by atoms with van der Waals surface area (Å²) in [6, 6.07) is 12.3. The van der Waals surface area contributed by atoms with Crippen molar-refractivity contribution in [3.63, 3.8) is 0 Å². The molecule has 2 nitrogen and oxygen atoms in total. The summed E-state index contributed by atoms with van der Waals surface area (Å²) in [7, 11) is 0. The van der Waals surface area contributed by atoms with Gasteiger partial charge in [0.15, 0.2) is 5.78 Å².